The van der Waals surface area contributed by atoms with E-state index < -0.39 is 0 Å². The molecular formula is C25H32N5OP. The molecule has 1 amide bonds. The molecule has 3 aliphatic heterocycles. The van der Waals surface area contributed by atoms with Gasteiger partial charge in [0.1, 0.15) is 5.65 Å². The van der Waals surface area contributed by atoms with Gasteiger partial charge in [0.2, 0.25) is 0 Å². The van der Waals surface area contributed by atoms with Crippen LogP contribution in [0.3, 0.4) is 0 Å². The molecule has 2 aromatic rings. The van der Waals surface area contributed by atoms with Gasteiger partial charge in [0.05, 0.1) is 17.2 Å². The fourth-order valence-corrected chi connectivity index (χ4v) is 6.12. The van der Waals surface area contributed by atoms with Crippen molar-refractivity contribution in [3.63, 3.8) is 0 Å². The quantitative estimate of drug-likeness (QED) is 0.662. The average molecular weight is 450 g/mol. The van der Waals surface area contributed by atoms with Gasteiger partial charge in [-0.3, -0.25) is 4.79 Å². The third kappa shape index (κ3) is 3.91. The van der Waals surface area contributed by atoms with Gasteiger partial charge in [-0.2, -0.15) is 0 Å². The summed E-state index contributed by atoms with van der Waals surface area (Å²) < 4.78 is 2.12. The first-order valence-electron chi connectivity index (χ1n) is 11.6. The van der Waals surface area contributed by atoms with Gasteiger partial charge in [-0.05, 0) is 48.0 Å². The Hall–Kier alpha value is -2.43. The zero-order chi connectivity index (χ0) is 22.4. The van der Waals surface area contributed by atoms with Gasteiger partial charge in [0.25, 0.3) is 5.91 Å². The van der Waals surface area contributed by atoms with Crippen molar-refractivity contribution in [2.45, 2.75) is 39.4 Å². The minimum atomic E-state index is 0.0748. The standard InChI is InChI=1S/C25H32N5OP/c1-5-27-8-10-28(11-9-27)20-6-7-24-30(16-20)23(31)13-22(32-24)19-12-21(17(2)3)25-26-18(4)14-29(25)15-19/h6-7,12-17,24,32H,5,8-11H2,1-4H3. The number of aryl methyl sites for hydroxylation is 1. The van der Waals surface area contributed by atoms with Gasteiger partial charge in [0.15, 0.2) is 0 Å². The van der Waals surface area contributed by atoms with Gasteiger partial charge in [0, 0.05) is 50.8 Å². The normalized spacial score (nSPS) is 22.7. The van der Waals surface area contributed by atoms with Crippen molar-refractivity contribution in [2.75, 3.05) is 32.7 Å². The number of piperazine rings is 1. The van der Waals surface area contributed by atoms with E-state index in [9.17, 15) is 4.79 Å². The van der Waals surface area contributed by atoms with Crippen LogP contribution in [0.15, 0.2) is 48.6 Å². The number of imidazole rings is 1. The Morgan fingerprint density at radius 2 is 1.97 bits per heavy atom. The SMILES string of the molecule is CCN1CCN(C2=CN3C(=O)C=C(c4cc(C(C)C)c5nc(C)cn5c4)PC3C=C2)CC1. The largest absolute Gasteiger partial charge is 0.368 e. The van der Waals surface area contributed by atoms with E-state index >= 15 is 0 Å². The second kappa shape index (κ2) is 8.49. The average Bonchev–Trinajstić information content (AvgIpc) is 3.18. The fourth-order valence-electron chi connectivity index (χ4n) is 4.76. The molecule has 2 atom stereocenters. The van der Waals surface area contributed by atoms with Gasteiger partial charge in [-0.25, -0.2) is 4.98 Å². The first-order valence-corrected chi connectivity index (χ1v) is 12.7. The Balaban J connectivity index is 1.42. The van der Waals surface area contributed by atoms with Crippen molar-refractivity contribution >= 4 is 25.4 Å². The molecule has 0 radical (unpaired) electrons. The minimum Gasteiger partial charge on any atom is -0.368 e. The monoisotopic (exact) mass is 449 g/mol. The lowest BCUT2D eigenvalue weighted by Gasteiger charge is -2.40. The van der Waals surface area contributed by atoms with Crippen LogP contribution in [0, 0.1) is 6.92 Å². The molecule has 7 heteroatoms. The van der Waals surface area contributed by atoms with Crippen molar-refractivity contribution in [1.29, 1.82) is 0 Å². The molecule has 5 heterocycles. The number of amides is 1. The van der Waals surface area contributed by atoms with E-state index in [1.807, 2.05) is 17.9 Å². The van der Waals surface area contributed by atoms with Crippen LogP contribution in [0.2, 0.25) is 0 Å². The molecule has 0 spiro atoms. The molecule has 0 saturated carbocycles. The lowest BCUT2D eigenvalue weighted by molar-refractivity contribution is -0.123. The first kappa shape index (κ1) is 21.4. The Kier molecular flexibility index (Phi) is 5.68. The summed E-state index contributed by atoms with van der Waals surface area (Å²) >= 11 is 0. The number of carbonyl (C=O) groups is 1. The molecule has 0 aliphatic carbocycles. The van der Waals surface area contributed by atoms with Crippen LogP contribution in [-0.2, 0) is 4.79 Å². The Labute approximate surface area is 192 Å². The van der Waals surface area contributed by atoms with Gasteiger partial charge in [-0.1, -0.05) is 35.4 Å². The van der Waals surface area contributed by atoms with Crippen LogP contribution < -0.4 is 0 Å². The maximum Gasteiger partial charge on any atom is 0.252 e. The first-order chi connectivity index (χ1) is 15.4. The van der Waals surface area contributed by atoms with E-state index in [0.717, 1.165) is 60.6 Å². The van der Waals surface area contributed by atoms with Crippen LogP contribution in [-0.4, -0.2) is 68.5 Å². The number of nitrogens with zero attached hydrogens (tertiary/aromatic N) is 5. The van der Waals surface area contributed by atoms with Crippen molar-refractivity contribution in [2.24, 2.45) is 0 Å². The van der Waals surface area contributed by atoms with E-state index in [4.69, 9.17) is 4.98 Å². The zero-order valence-electron chi connectivity index (χ0n) is 19.4. The highest BCUT2D eigenvalue weighted by Crippen LogP contribution is 2.45. The predicted octanol–water partition coefficient (Wildman–Crippen LogP) is 4.00. The zero-order valence-corrected chi connectivity index (χ0v) is 20.4. The molecule has 0 bridgehead atoms. The second-order valence-corrected chi connectivity index (χ2v) is 10.6. The highest BCUT2D eigenvalue weighted by Gasteiger charge is 2.30. The highest BCUT2D eigenvalue weighted by atomic mass is 31.1. The van der Waals surface area contributed by atoms with E-state index in [-0.39, 0.29) is 11.7 Å². The Bertz CT molecular complexity index is 1140. The molecule has 2 unspecified atom stereocenters. The third-order valence-corrected chi connectivity index (χ3v) is 8.17. The summed E-state index contributed by atoms with van der Waals surface area (Å²) in [7, 11) is 0.523. The number of fused-ring (bicyclic) bond motifs is 2. The maximum absolute atomic E-state index is 13.2. The third-order valence-electron chi connectivity index (χ3n) is 6.66. The Morgan fingerprint density at radius 1 is 1.19 bits per heavy atom. The molecule has 2 aromatic heterocycles. The number of pyridine rings is 1. The van der Waals surface area contributed by atoms with Crippen molar-refractivity contribution in [3.05, 3.63) is 65.4 Å². The van der Waals surface area contributed by atoms with Crippen molar-refractivity contribution in [1.82, 2.24) is 24.1 Å². The molecule has 0 N–H and O–H groups in total. The molecule has 5 rings (SSSR count). The molecule has 1 fully saturated rings. The minimum absolute atomic E-state index is 0.0748. The lowest BCUT2D eigenvalue weighted by atomic mass is 10.0. The topological polar surface area (TPSA) is 44.1 Å². The van der Waals surface area contributed by atoms with Crippen LogP contribution in [0.25, 0.3) is 11.0 Å². The second-order valence-electron chi connectivity index (χ2n) is 9.18. The van der Waals surface area contributed by atoms with E-state index in [1.54, 1.807) is 0 Å². The van der Waals surface area contributed by atoms with E-state index in [2.05, 4.69) is 71.8 Å². The summed E-state index contributed by atoms with van der Waals surface area (Å²) in [5.41, 5.74) is 5.54. The molecule has 32 heavy (non-hydrogen) atoms. The molecular weight excluding hydrogens is 417 g/mol. The number of carbonyl (C=O) groups excluding carboxylic acids is 1. The summed E-state index contributed by atoms with van der Waals surface area (Å²) in [6, 6.07) is 2.23. The molecule has 1 saturated heterocycles. The fraction of sp³-hybridized carbons (Fsp3) is 0.440. The predicted molar refractivity (Wildman–Crippen MR) is 132 cm³/mol. The number of allylic oxidation sites excluding steroid dienone is 1. The number of rotatable bonds is 4. The molecule has 0 aromatic carbocycles. The van der Waals surface area contributed by atoms with Crippen LogP contribution in [0.1, 0.15) is 43.5 Å². The van der Waals surface area contributed by atoms with E-state index in [0.29, 0.717) is 14.5 Å². The Morgan fingerprint density at radius 3 is 2.69 bits per heavy atom. The van der Waals surface area contributed by atoms with Crippen molar-refractivity contribution < 1.29 is 4.79 Å². The lowest BCUT2D eigenvalue weighted by Crippen LogP contribution is -2.46. The summed E-state index contributed by atoms with van der Waals surface area (Å²) in [4.78, 5) is 24.7. The van der Waals surface area contributed by atoms with Gasteiger partial charge >= 0.3 is 0 Å². The van der Waals surface area contributed by atoms with E-state index in [1.165, 1.54) is 5.56 Å². The number of likely N-dealkylation sites (N-methyl/N-ethyl adjacent to an activating group) is 1. The summed E-state index contributed by atoms with van der Waals surface area (Å²) in [5.74, 6) is 0.545. The smallest absolute Gasteiger partial charge is 0.252 e. The number of hydrogen-bond acceptors (Lipinski definition) is 4. The summed E-state index contributed by atoms with van der Waals surface area (Å²) in [6.07, 6.45) is 12.5. The van der Waals surface area contributed by atoms with Crippen LogP contribution in [0.5, 0.6) is 0 Å². The maximum atomic E-state index is 13.2. The van der Waals surface area contributed by atoms with Gasteiger partial charge in [-0.15, -0.1) is 0 Å². The molecule has 6 nitrogen and oxygen atoms in total. The van der Waals surface area contributed by atoms with Crippen molar-refractivity contribution in [3.8, 4) is 0 Å². The van der Waals surface area contributed by atoms with Crippen LogP contribution in [0.4, 0.5) is 0 Å². The molecule has 3 aliphatic rings. The molecule has 168 valence electrons. The number of aromatic nitrogens is 2. The van der Waals surface area contributed by atoms with Crippen LogP contribution >= 0.6 is 8.58 Å². The highest BCUT2D eigenvalue weighted by molar-refractivity contribution is 7.51. The number of hydrogen-bond donors (Lipinski definition) is 0. The summed E-state index contributed by atoms with van der Waals surface area (Å²) in [6.45, 7) is 13.9. The summed E-state index contributed by atoms with van der Waals surface area (Å²) in [5, 5.41) is 1.13. The van der Waals surface area contributed by atoms with Gasteiger partial charge < -0.3 is 19.1 Å².